The van der Waals surface area contributed by atoms with Gasteiger partial charge >= 0.3 is 0 Å². The first-order chi connectivity index (χ1) is 9.64. The fraction of sp³-hybridized carbons (Fsp3) is 0.500. The lowest BCUT2D eigenvalue weighted by atomic mass is 10.3. The Balaban J connectivity index is 0.00000400. The van der Waals surface area contributed by atoms with Crippen molar-refractivity contribution in [1.29, 1.82) is 0 Å². The average molecular weight is 425 g/mol. The molecule has 2 N–H and O–H groups in total. The van der Waals surface area contributed by atoms with Gasteiger partial charge in [0.15, 0.2) is 17.5 Å². The highest BCUT2D eigenvalue weighted by atomic mass is 127. The molecule has 0 saturated carbocycles. The van der Waals surface area contributed by atoms with Crippen LogP contribution in [-0.4, -0.2) is 45.3 Å². The third-order valence-corrected chi connectivity index (χ3v) is 3.80. The zero-order valence-electron chi connectivity index (χ0n) is 13.1. The maximum absolute atomic E-state index is 5.28. The lowest BCUT2D eigenvalue weighted by Gasteiger charge is -2.15. The first-order valence-corrected chi connectivity index (χ1v) is 7.65. The number of ether oxygens (including phenoxy) is 2. The van der Waals surface area contributed by atoms with Crippen molar-refractivity contribution in [3.8, 4) is 11.5 Å². The summed E-state index contributed by atoms with van der Waals surface area (Å²) in [5.74, 6) is 2.13. The molecule has 0 fully saturated rings. The number of aliphatic imine (C=N–C) groups is 1. The van der Waals surface area contributed by atoms with Crippen molar-refractivity contribution in [3.63, 3.8) is 0 Å². The van der Waals surface area contributed by atoms with E-state index >= 15 is 0 Å². The number of hydrogen-bond acceptors (Lipinski definition) is 4. The van der Waals surface area contributed by atoms with E-state index < -0.39 is 0 Å². The number of nitrogens with one attached hydrogen (secondary N) is 2. The van der Waals surface area contributed by atoms with Crippen LogP contribution in [0.5, 0.6) is 11.5 Å². The van der Waals surface area contributed by atoms with Gasteiger partial charge in [0, 0.05) is 30.6 Å². The van der Waals surface area contributed by atoms with E-state index in [9.17, 15) is 0 Å². The monoisotopic (exact) mass is 425 g/mol. The largest absolute Gasteiger partial charge is 0.493 e. The van der Waals surface area contributed by atoms with Gasteiger partial charge in [0.1, 0.15) is 0 Å². The SMILES string of the molecule is CN=C(NCC(C)SC)Nc1ccc(OC)c(OC)c1.I. The number of nitrogens with zero attached hydrogens (tertiary/aromatic N) is 1. The minimum Gasteiger partial charge on any atom is -0.493 e. The highest BCUT2D eigenvalue weighted by molar-refractivity contribution is 14.0. The Hall–Kier alpha value is -0.830. The van der Waals surface area contributed by atoms with Gasteiger partial charge in [-0.15, -0.1) is 24.0 Å². The summed E-state index contributed by atoms with van der Waals surface area (Å²) < 4.78 is 10.5. The third kappa shape index (κ3) is 6.64. The van der Waals surface area contributed by atoms with E-state index in [1.807, 2.05) is 30.0 Å². The summed E-state index contributed by atoms with van der Waals surface area (Å²) >= 11 is 1.81. The fourth-order valence-corrected chi connectivity index (χ4v) is 1.80. The summed E-state index contributed by atoms with van der Waals surface area (Å²) in [6.45, 7) is 3.02. The van der Waals surface area contributed by atoms with E-state index in [1.165, 1.54) is 0 Å². The molecule has 1 aromatic rings. The molecule has 120 valence electrons. The zero-order valence-corrected chi connectivity index (χ0v) is 16.2. The minimum atomic E-state index is 0. The highest BCUT2D eigenvalue weighted by Crippen LogP contribution is 2.29. The summed E-state index contributed by atoms with van der Waals surface area (Å²) in [7, 11) is 4.99. The van der Waals surface area contributed by atoms with Crippen molar-refractivity contribution in [3.05, 3.63) is 18.2 Å². The standard InChI is InChI=1S/C14H23N3O2S.HI/c1-10(20-5)9-16-14(15-2)17-11-6-7-12(18-3)13(8-11)19-4;/h6-8,10H,9H2,1-5H3,(H2,15,16,17);1H. The van der Waals surface area contributed by atoms with Crippen LogP contribution in [0.15, 0.2) is 23.2 Å². The highest BCUT2D eigenvalue weighted by Gasteiger charge is 2.07. The molecule has 5 nitrogen and oxygen atoms in total. The second kappa shape index (κ2) is 10.8. The topological polar surface area (TPSA) is 54.9 Å². The van der Waals surface area contributed by atoms with Crippen LogP contribution in [0.4, 0.5) is 5.69 Å². The van der Waals surface area contributed by atoms with E-state index in [1.54, 1.807) is 21.3 Å². The van der Waals surface area contributed by atoms with Crippen molar-refractivity contribution in [2.24, 2.45) is 4.99 Å². The summed E-state index contributed by atoms with van der Waals surface area (Å²) in [6, 6.07) is 5.66. The van der Waals surface area contributed by atoms with Gasteiger partial charge in [0.2, 0.25) is 0 Å². The molecule has 0 spiro atoms. The molecule has 1 unspecified atom stereocenters. The molecule has 0 heterocycles. The molecular weight excluding hydrogens is 401 g/mol. The Morgan fingerprint density at radius 2 is 1.95 bits per heavy atom. The van der Waals surface area contributed by atoms with E-state index in [-0.39, 0.29) is 24.0 Å². The summed E-state index contributed by atoms with van der Waals surface area (Å²) in [4.78, 5) is 4.20. The molecule has 0 aliphatic rings. The predicted molar refractivity (Wildman–Crippen MR) is 103 cm³/mol. The summed E-state index contributed by atoms with van der Waals surface area (Å²) in [6.07, 6.45) is 2.09. The minimum absolute atomic E-state index is 0. The normalized spacial score (nSPS) is 12.1. The van der Waals surface area contributed by atoms with Gasteiger partial charge in [0.25, 0.3) is 0 Å². The molecule has 21 heavy (non-hydrogen) atoms. The van der Waals surface area contributed by atoms with Crippen LogP contribution in [0.2, 0.25) is 0 Å². The Bertz CT molecular complexity index is 458. The molecule has 1 aromatic carbocycles. The lowest BCUT2D eigenvalue weighted by molar-refractivity contribution is 0.355. The van der Waals surface area contributed by atoms with Crippen molar-refractivity contribution in [2.75, 3.05) is 39.4 Å². The Morgan fingerprint density at radius 3 is 2.48 bits per heavy atom. The number of guanidine groups is 1. The molecule has 0 radical (unpaired) electrons. The number of thioether (sulfide) groups is 1. The molecule has 0 aromatic heterocycles. The van der Waals surface area contributed by atoms with Crippen LogP contribution >= 0.6 is 35.7 Å². The maximum atomic E-state index is 5.28. The summed E-state index contributed by atoms with van der Waals surface area (Å²) in [5.41, 5.74) is 0.896. The molecule has 1 rings (SSSR count). The Labute approximate surface area is 148 Å². The molecule has 0 bridgehead atoms. The number of benzene rings is 1. The van der Waals surface area contributed by atoms with Gasteiger partial charge in [-0.25, -0.2) is 0 Å². The second-order valence-electron chi connectivity index (χ2n) is 4.19. The molecule has 0 saturated heterocycles. The Kier molecular flexibility index (Phi) is 10.4. The molecule has 1 atom stereocenters. The number of rotatable bonds is 6. The van der Waals surface area contributed by atoms with Crippen LogP contribution in [0.25, 0.3) is 0 Å². The number of methoxy groups -OCH3 is 2. The van der Waals surface area contributed by atoms with Crippen LogP contribution in [0.1, 0.15) is 6.92 Å². The van der Waals surface area contributed by atoms with Crippen LogP contribution < -0.4 is 20.1 Å². The molecular formula is C14H24IN3O2S. The maximum Gasteiger partial charge on any atom is 0.195 e. The molecule has 0 aliphatic carbocycles. The first kappa shape index (κ1) is 20.2. The molecule has 0 aliphatic heterocycles. The van der Waals surface area contributed by atoms with E-state index in [0.29, 0.717) is 16.7 Å². The first-order valence-electron chi connectivity index (χ1n) is 6.37. The van der Waals surface area contributed by atoms with Crippen molar-refractivity contribution < 1.29 is 9.47 Å². The predicted octanol–water partition coefficient (Wildman–Crippen LogP) is 3.06. The van der Waals surface area contributed by atoms with Gasteiger partial charge in [0.05, 0.1) is 14.2 Å². The van der Waals surface area contributed by atoms with E-state index in [4.69, 9.17) is 9.47 Å². The zero-order chi connectivity index (χ0) is 15.0. The third-order valence-electron chi connectivity index (χ3n) is 2.83. The number of halogens is 1. The molecule has 7 heteroatoms. The van der Waals surface area contributed by atoms with Crippen molar-refractivity contribution in [1.82, 2.24) is 5.32 Å². The van der Waals surface area contributed by atoms with Crippen LogP contribution in [0.3, 0.4) is 0 Å². The lowest BCUT2D eigenvalue weighted by Crippen LogP contribution is -2.34. The number of anilines is 1. The van der Waals surface area contributed by atoms with Crippen LogP contribution in [0, 0.1) is 0 Å². The average Bonchev–Trinajstić information content (AvgIpc) is 2.50. The van der Waals surface area contributed by atoms with E-state index in [0.717, 1.165) is 18.2 Å². The second-order valence-corrected chi connectivity index (χ2v) is 5.47. The number of hydrogen-bond donors (Lipinski definition) is 2. The van der Waals surface area contributed by atoms with Gasteiger partial charge in [-0.1, -0.05) is 6.92 Å². The molecule has 0 amide bonds. The van der Waals surface area contributed by atoms with Crippen LogP contribution in [-0.2, 0) is 0 Å². The van der Waals surface area contributed by atoms with Gasteiger partial charge in [-0.05, 0) is 18.4 Å². The Morgan fingerprint density at radius 1 is 1.29 bits per heavy atom. The van der Waals surface area contributed by atoms with E-state index in [2.05, 4.69) is 28.8 Å². The summed E-state index contributed by atoms with van der Waals surface area (Å²) in [5, 5.41) is 7.04. The van der Waals surface area contributed by atoms with Crippen molar-refractivity contribution >= 4 is 47.4 Å². The quantitative estimate of drug-likeness (QED) is 0.417. The smallest absolute Gasteiger partial charge is 0.195 e. The van der Waals surface area contributed by atoms with Gasteiger partial charge in [-0.2, -0.15) is 11.8 Å². The fourth-order valence-electron chi connectivity index (χ4n) is 1.55. The van der Waals surface area contributed by atoms with Crippen molar-refractivity contribution in [2.45, 2.75) is 12.2 Å². The van der Waals surface area contributed by atoms with Gasteiger partial charge < -0.3 is 20.1 Å². The van der Waals surface area contributed by atoms with Gasteiger partial charge in [-0.3, -0.25) is 4.99 Å².